The largest absolute Gasteiger partial charge is 0.491 e. The number of benzene rings is 1. The molecule has 1 aromatic rings. The summed E-state index contributed by atoms with van der Waals surface area (Å²) in [7, 11) is 0. The van der Waals surface area contributed by atoms with Crippen LogP contribution in [0, 0.1) is 0 Å². The third kappa shape index (κ3) is 3.35. The summed E-state index contributed by atoms with van der Waals surface area (Å²) in [5, 5.41) is 2.48. The van der Waals surface area contributed by atoms with Gasteiger partial charge in [-0.05, 0) is 26.0 Å². The highest BCUT2D eigenvalue weighted by molar-refractivity contribution is 5.87. The minimum atomic E-state index is -0.577. The van der Waals surface area contributed by atoms with Gasteiger partial charge in [0.1, 0.15) is 5.75 Å². The SMILES string of the molecule is CC(C)Oc1cccc(NC(N)=O)c1. The van der Waals surface area contributed by atoms with Crippen molar-refractivity contribution in [1.29, 1.82) is 0 Å². The van der Waals surface area contributed by atoms with E-state index in [1.807, 2.05) is 19.9 Å². The third-order valence-corrected chi connectivity index (χ3v) is 1.47. The quantitative estimate of drug-likeness (QED) is 0.772. The van der Waals surface area contributed by atoms with Crippen LogP contribution >= 0.6 is 0 Å². The molecule has 14 heavy (non-hydrogen) atoms. The van der Waals surface area contributed by atoms with Crippen LogP contribution in [0.15, 0.2) is 24.3 Å². The normalized spacial score (nSPS) is 9.93. The first kappa shape index (κ1) is 10.4. The number of ether oxygens (including phenoxy) is 1. The zero-order valence-corrected chi connectivity index (χ0v) is 8.28. The van der Waals surface area contributed by atoms with Gasteiger partial charge in [-0.15, -0.1) is 0 Å². The fraction of sp³-hybridized carbons (Fsp3) is 0.300. The van der Waals surface area contributed by atoms with E-state index < -0.39 is 6.03 Å². The Bertz CT molecular complexity index is 324. The van der Waals surface area contributed by atoms with Gasteiger partial charge < -0.3 is 15.8 Å². The van der Waals surface area contributed by atoms with Gasteiger partial charge in [-0.2, -0.15) is 0 Å². The van der Waals surface area contributed by atoms with E-state index in [1.54, 1.807) is 18.2 Å². The van der Waals surface area contributed by atoms with Crippen LogP contribution in [-0.4, -0.2) is 12.1 Å². The van der Waals surface area contributed by atoms with E-state index in [0.717, 1.165) is 0 Å². The van der Waals surface area contributed by atoms with Crippen LogP contribution in [0.4, 0.5) is 10.5 Å². The number of hydrogen-bond donors (Lipinski definition) is 2. The first-order valence-corrected chi connectivity index (χ1v) is 4.41. The fourth-order valence-corrected chi connectivity index (χ4v) is 1.06. The predicted octanol–water partition coefficient (Wildman–Crippen LogP) is 1.96. The van der Waals surface area contributed by atoms with E-state index in [2.05, 4.69) is 5.32 Å². The van der Waals surface area contributed by atoms with Gasteiger partial charge in [-0.1, -0.05) is 6.07 Å². The average molecular weight is 194 g/mol. The minimum Gasteiger partial charge on any atom is -0.491 e. The molecule has 0 bridgehead atoms. The van der Waals surface area contributed by atoms with Crippen molar-refractivity contribution in [1.82, 2.24) is 0 Å². The second-order valence-electron chi connectivity index (χ2n) is 3.18. The van der Waals surface area contributed by atoms with E-state index in [1.165, 1.54) is 0 Å². The van der Waals surface area contributed by atoms with E-state index in [-0.39, 0.29) is 6.10 Å². The van der Waals surface area contributed by atoms with E-state index in [4.69, 9.17) is 10.5 Å². The molecule has 76 valence electrons. The molecule has 0 fully saturated rings. The van der Waals surface area contributed by atoms with Crippen molar-refractivity contribution in [3.8, 4) is 5.75 Å². The summed E-state index contributed by atoms with van der Waals surface area (Å²) in [5.41, 5.74) is 5.62. The molecule has 0 aliphatic carbocycles. The van der Waals surface area contributed by atoms with Crippen LogP contribution in [0.2, 0.25) is 0 Å². The van der Waals surface area contributed by atoms with Gasteiger partial charge in [0.15, 0.2) is 0 Å². The standard InChI is InChI=1S/C10H14N2O2/c1-7(2)14-9-5-3-4-8(6-9)12-10(11)13/h3-7H,1-2H3,(H3,11,12,13). The van der Waals surface area contributed by atoms with Crippen molar-refractivity contribution in [2.45, 2.75) is 20.0 Å². The zero-order chi connectivity index (χ0) is 10.6. The lowest BCUT2D eigenvalue weighted by atomic mass is 10.3. The molecule has 2 amide bonds. The summed E-state index contributed by atoms with van der Waals surface area (Å²) in [6, 6.07) is 6.52. The molecule has 0 aliphatic heterocycles. The molecular formula is C10H14N2O2. The number of carbonyl (C=O) groups is 1. The van der Waals surface area contributed by atoms with Crippen LogP contribution in [0.3, 0.4) is 0 Å². The molecule has 0 radical (unpaired) electrons. The topological polar surface area (TPSA) is 64.3 Å². The number of nitrogens with two attached hydrogens (primary N) is 1. The molecule has 0 unspecified atom stereocenters. The van der Waals surface area contributed by atoms with Gasteiger partial charge in [-0.3, -0.25) is 0 Å². The Morgan fingerprint density at radius 3 is 2.79 bits per heavy atom. The second kappa shape index (κ2) is 4.50. The third-order valence-electron chi connectivity index (χ3n) is 1.47. The van der Waals surface area contributed by atoms with E-state index in [0.29, 0.717) is 11.4 Å². The maximum atomic E-state index is 10.6. The van der Waals surface area contributed by atoms with Crippen LogP contribution in [0.25, 0.3) is 0 Å². The van der Waals surface area contributed by atoms with Gasteiger partial charge in [0.25, 0.3) is 0 Å². The first-order chi connectivity index (χ1) is 6.58. The molecule has 0 saturated carbocycles. The molecular weight excluding hydrogens is 180 g/mol. The Hall–Kier alpha value is -1.71. The molecule has 3 N–H and O–H groups in total. The molecule has 0 saturated heterocycles. The lowest BCUT2D eigenvalue weighted by Gasteiger charge is -2.10. The summed E-state index contributed by atoms with van der Waals surface area (Å²) in [6.45, 7) is 3.88. The molecule has 1 aromatic carbocycles. The number of carbonyl (C=O) groups excluding carboxylic acids is 1. The van der Waals surface area contributed by atoms with Crippen molar-refractivity contribution in [3.05, 3.63) is 24.3 Å². The Balaban J connectivity index is 2.73. The fourth-order valence-electron chi connectivity index (χ4n) is 1.06. The van der Waals surface area contributed by atoms with Crippen LogP contribution in [-0.2, 0) is 0 Å². The minimum absolute atomic E-state index is 0.110. The predicted molar refractivity (Wildman–Crippen MR) is 55.4 cm³/mol. The lowest BCUT2D eigenvalue weighted by Crippen LogP contribution is -2.19. The van der Waals surface area contributed by atoms with Crippen LogP contribution in [0.5, 0.6) is 5.75 Å². The van der Waals surface area contributed by atoms with Crippen LogP contribution < -0.4 is 15.8 Å². The number of urea groups is 1. The second-order valence-corrected chi connectivity index (χ2v) is 3.18. The molecule has 1 rings (SSSR count). The van der Waals surface area contributed by atoms with Gasteiger partial charge >= 0.3 is 6.03 Å². The zero-order valence-electron chi connectivity index (χ0n) is 8.28. The Labute approximate surface area is 83.1 Å². The Kier molecular flexibility index (Phi) is 3.34. The van der Waals surface area contributed by atoms with Gasteiger partial charge in [0.2, 0.25) is 0 Å². The van der Waals surface area contributed by atoms with Gasteiger partial charge in [0, 0.05) is 11.8 Å². The van der Waals surface area contributed by atoms with Crippen molar-refractivity contribution in [2.24, 2.45) is 5.73 Å². The number of amides is 2. The number of anilines is 1. The summed E-state index contributed by atoms with van der Waals surface area (Å²) >= 11 is 0. The molecule has 4 nitrogen and oxygen atoms in total. The maximum Gasteiger partial charge on any atom is 0.316 e. The lowest BCUT2D eigenvalue weighted by molar-refractivity contribution is 0.242. The molecule has 4 heteroatoms. The highest BCUT2D eigenvalue weighted by Gasteiger charge is 2.00. The van der Waals surface area contributed by atoms with E-state index >= 15 is 0 Å². The number of hydrogen-bond acceptors (Lipinski definition) is 2. The Morgan fingerprint density at radius 1 is 1.50 bits per heavy atom. The smallest absolute Gasteiger partial charge is 0.316 e. The van der Waals surface area contributed by atoms with Crippen molar-refractivity contribution in [2.75, 3.05) is 5.32 Å². The molecule has 0 heterocycles. The van der Waals surface area contributed by atoms with Gasteiger partial charge in [0.05, 0.1) is 6.10 Å². The molecule has 0 aromatic heterocycles. The Morgan fingerprint density at radius 2 is 2.21 bits per heavy atom. The number of rotatable bonds is 3. The van der Waals surface area contributed by atoms with Crippen molar-refractivity contribution < 1.29 is 9.53 Å². The number of nitrogens with one attached hydrogen (secondary N) is 1. The van der Waals surface area contributed by atoms with Gasteiger partial charge in [-0.25, -0.2) is 4.79 Å². The highest BCUT2D eigenvalue weighted by atomic mass is 16.5. The maximum absolute atomic E-state index is 10.6. The molecule has 0 atom stereocenters. The summed E-state index contributed by atoms with van der Waals surface area (Å²) < 4.78 is 5.44. The summed E-state index contributed by atoms with van der Waals surface area (Å²) in [4.78, 5) is 10.6. The molecule has 0 spiro atoms. The number of primary amides is 1. The highest BCUT2D eigenvalue weighted by Crippen LogP contribution is 2.18. The van der Waals surface area contributed by atoms with Crippen molar-refractivity contribution >= 4 is 11.7 Å². The average Bonchev–Trinajstić information content (AvgIpc) is 2.01. The van der Waals surface area contributed by atoms with Crippen LogP contribution in [0.1, 0.15) is 13.8 Å². The first-order valence-electron chi connectivity index (χ1n) is 4.41. The summed E-state index contributed by atoms with van der Waals surface area (Å²) in [6.07, 6.45) is 0.110. The summed E-state index contributed by atoms with van der Waals surface area (Å²) in [5.74, 6) is 0.714. The monoisotopic (exact) mass is 194 g/mol. The van der Waals surface area contributed by atoms with Crippen molar-refractivity contribution in [3.63, 3.8) is 0 Å². The van der Waals surface area contributed by atoms with E-state index in [9.17, 15) is 4.79 Å². The molecule has 0 aliphatic rings.